The second-order valence-corrected chi connectivity index (χ2v) is 4.73. The van der Waals surface area contributed by atoms with Gasteiger partial charge in [0.2, 0.25) is 0 Å². The number of hydrogen-bond donors (Lipinski definition) is 0. The zero-order valence-corrected chi connectivity index (χ0v) is 10.9. The van der Waals surface area contributed by atoms with E-state index in [9.17, 15) is 4.79 Å². The molecule has 0 bridgehead atoms. The average Bonchev–Trinajstić information content (AvgIpc) is 2.01. The summed E-state index contributed by atoms with van der Waals surface area (Å²) in [6.45, 7) is 12.7. The molecule has 0 radical (unpaired) electrons. The first-order chi connectivity index (χ1) is 6.43. The summed E-state index contributed by atoms with van der Waals surface area (Å²) in [6.07, 6.45) is 4.14. The Morgan fingerprint density at radius 1 is 0.857 bits per heavy atom. The molecule has 0 atom stereocenters. The van der Waals surface area contributed by atoms with Gasteiger partial charge in [0.1, 0.15) is 5.78 Å². The molecule has 0 fully saturated rings. The number of hydrogen-bond acceptors (Lipinski definition) is 1. The fourth-order valence-electron chi connectivity index (χ4n) is 0.994. The van der Waals surface area contributed by atoms with E-state index in [0.717, 1.165) is 12.8 Å². The number of carbonyl (C=O) groups is 1. The van der Waals surface area contributed by atoms with Crippen LogP contribution in [0.1, 0.15) is 67.2 Å². The summed E-state index contributed by atoms with van der Waals surface area (Å²) in [7, 11) is 0. The molecule has 0 spiro atoms. The Labute approximate surface area is 90.3 Å². The zero-order valence-electron chi connectivity index (χ0n) is 10.9. The molecular weight excluding hydrogens is 172 g/mol. The van der Waals surface area contributed by atoms with Gasteiger partial charge in [-0.05, 0) is 11.8 Å². The van der Waals surface area contributed by atoms with E-state index < -0.39 is 0 Å². The molecule has 14 heavy (non-hydrogen) atoms. The van der Waals surface area contributed by atoms with Crippen molar-refractivity contribution >= 4 is 5.78 Å². The predicted molar refractivity (Wildman–Crippen MR) is 64.5 cm³/mol. The number of ketones is 1. The maximum atomic E-state index is 11.1. The molecule has 1 heteroatoms. The van der Waals surface area contributed by atoms with Crippen LogP contribution in [0.5, 0.6) is 0 Å². The Morgan fingerprint density at radius 3 is 1.29 bits per heavy atom. The van der Waals surface area contributed by atoms with E-state index in [-0.39, 0.29) is 0 Å². The average molecular weight is 200 g/mol. The van der Waals surface area contributed by atoms with Crippen LogP contribution in [-0.2, 0) is 4.79 Å². The minimum absolute atomic E-state index is 0.407. The van der Waals surface area contributed by atoms with Crippen molar-refractivity contribution in [2.75, 3.05) is 0 Å². The molecule has 0 aromatic rings. The lowest BCUT2D eigenvalue weighted by atomic mass is 10.00. The molecule has 0 saturated carbocycles. The fourth-order valence-corrected chi connectivity index (χ4v) is 0.994. The standard InChI is InChI=1S/C9H18O.C4H10/c1-7(2)5-9(10)6-8(3)4;1-3-4-2/h7-8H,5-6H2,1-4H3;3-4H2,1-2H3. The van der Waals surface area contributed by atoms with Crippen molar-refractivity contribution in [3.05, 3.63) is 0 Å². The predicted octanol–water partition coefficient (Wildman–Crippen LogP) is 4.45. The Balaban J connectivity index is 0. The quantitative estimate of drug-likeness (QED) is 0.640. The van der Waals surface area contributed by atoms with E-state index in [1.54, 1.807) is 0 Å². The minimum Gasteiger partial charge on any atom is -0.300 e. The van der Waals surface area contributed by atoms with E-state index >= 15 is 0 Å². The normalized spacial score (nSPS) is 10.0. The van der Waals surface area contributed by atoms with Crippen molar-refractivity contribution in [1.29, 1.82) is 0 Å². The molecule has 0 aromatic heterocycles. The first-order valence-electron chi connectivity index (χ1n) is 5.95. The van der Waals surface area contributed by atoms with Crippen LogP contribution in [0.15, 0.2) is 0 Å². The van der Waals surface area contributed by atoms with Crippen molar-refractivity contribution in [3.8, 4) is 0 Å². The van der Waals surface area contributed by atoms with E-state index in [1.165, 1.54) is 12.8 Å². The second-order valence-electron chi connectivity index (χ2n) is 4.73. The van der Waals surface area contributed by atoms with Gasteiger partial charge in [-0.15, -0.1) is 0 Å². The third-order valence-corrected chi connectivity index (χ3v) is 1.77. The number of carbonyl (C=O) groups excluding carboxylic acids is 1. The second kappa shape index (κ2) is 10.7. The monoisotopic (exact) mass is 200 g/mol. The molecule has 0 rings (SSSR count). The van der Waals surface area contributed by atoms with Crippen LogP contribution in [0.25, 0.3) is 0 Å². The molecule has 0 N–H and O–H groups in total. The van der Waals surface area contributed by atoms with Crippen molar-refractivity contribution in [1.82, 2.24) is 0 Å². The van der Waals surface area contributed by atoms with Gasteiger partial charge in [-0.1, -0.05) is 54.4 Å². The topological polar surface area (TPSA) is 17.1 Å². The highest BCUT2D eigenvalue weighted by atomic mass is 16.1. The van der Waals surface area contributed by atoms with E-state index in [2.05, 4.69) is 41.5 Å². The SMILES string of the molecule is CC(C)CC(=O)CC(C)C.CCCC. The van der Waals surface area contributed by atoms with Gasteiger partial charge < -0.3 is 0 Å². The van der Waals surface area contributed by atoms with Gasteiger partial charge in [0.15, 0.2) is 0 Å². The van der Waals surface area contributed by atoms with Crippen molar-refractivity contribution in [2.24, 2.45) is 11.8 Å². The van der Waals surface area contributed by atoms with Crippen molar-refractivity contribution in [3.63, 3.8) is 0 Å². The Bertz CT molecular complexity index is 111. The number of unbranched alkanes of at least 4 members (excludes halogenated alkanes) is 1. The number of rotatable bonds is 5. The third-order valence-electron chi connectivity index (χ3n) is 1.77. The summed E-state index contributed by atoms with van der Waals surface area (Å²) in [5.74, 6) is 1.45. The van der Waals surface area contributed by atoms with Gasteiger partial charge in [-0.25, -0.2) is 0 Å². The maximum absolute atomic E-state index is 11.1. The summed E-state index contributed by atoms with van der Waals surface area (Å²) < 4.78 is 0. The van der Waals surface area contributed by atoms with Gasteiger partial charge in [-0.2, -0.15) is 0 Å². The third kappa shape index (κ3) is 17.7. The molecule has 0 aromatic carbocycles. The molecule has 1 nitrogen and oxygen atoms in total. The van der Waals surface area contributed by atoms with E-state index in [1.807, 2.05) is 0 Å². The van der Waals surface area contributed by atoms with E-state index in [0.29, 0.717) is 17.6 Å². The summed E-state index contributed by atoms with van der Waals surface area (Å²) in [4.78, 5) is 11.1. The summed E-state index contributed by atoms with van der Waals surface area (Å²) in [5, 5.41) is 0. The van der Waals surface area contributed by atoms with Crippen LogP contribution >= 0.6 is 0 Å². The van der Waals surface area contributed by atoms with Crippen LogP contribution in [0.4, 0.5) is 0 Å². The summed E-state index contributed by atoms with van der Waals surface area (Å²) in [5.41, 5.74) is 0. The maximum Gasteiger partial charge on any atom is 0.133 e. The van der Waals surface area contributed by atoms with Crippen LogP contribution in [0.2, 0.25) is 0 Å². The summed E-state index contributed by atoms with van der Waals surface area (Å²) >= 11 is 0. The van der Waals surface area contributed by atoms with Crippen molar-refractivity contribution in [2.45, 2.75) is 67.2 Å². The molecule has 0 aliphatic rings. The first kappa shape index (κ1) is 16.1. The first-order valence-corrected chi connectivity index (χ1v) is 5.95. The molecule has 0 heterocycles. The van der Waals surface area contributed by atoms with Gasteiger partial charge in [0.25, 0.3) is 0 Å². The molecular formula is C13H28O. The molecule has 0 aliphatic heterocycles. The number of Topliss-reactive ketones (excluding diaryl/α,β-unsaturated/α-hetero) is 1. The van der Waals surface area contributed by atoms with Gasteiger partial charge in [-0.3, -0.25) is 4.79 Å². The van der Waals surface area contributed by atoms with Crippen LogP contribution in [0.3, 0.4) is 0 Å². The molecule has 86 valence electrons. The van der Waals surface area contributed by atoms with Crippen molar-refractivity contribution < 1.29 is 4.79 Å². The van der Waals surface area contributed by atoms with Crippen LogP contribution < -0.4 is 0 Å². The molecule has 0 saturated heterocycles. The highest BCUT2D eigenvalue weighted by Crippen LogP contribution is 2.07. The minimum atomic E-state index is 0.407. The van der Waals surface area contributed by atoms with Crippen LogP contribution in [0, 0.1) is 11.8 Å². The Hall–Kier alpha value is -0.330. The lowest BCUT2D eigenvalue weighted by Crippen LogP contribution is -2.05. The van der Waals surface area contributed by atoms with E-state index in [4.69, 9.17) is 0 Å². The van der Waals surface area contributed by atoms with Gasteiger partial charge in [0.05, 0.1) is 0 Å². The largest absolute Gasteiger partial charge is 0.300 e. The van der Waals surface area contributed by atoms with Gasteiger partial charge >= 0.3 is 0 Å². The Morgan fingerprint density at radius 2 is 1.14 bits per heavy atom. The fraction of sp³-hybridized carbons (Fsp3) is 0.923. The molecule has 0 amide bonds. The Kier molecular flexibility index (Phi) is 12.4. The highest BCUT2D eigenvalue weighted by molar-refractivity contribution is 5.78. The molecule has 0 aliphatic carbocycles. The zero-order chi connectivity index (χ0) is 11.6. The van der Waals surface area contributed by atoms with Crippen LogP contribution in [-0.4, -0.2) is 5.78 Å². The molecule has 0 unspecified atom stereocenters. The van der Waals surface area contributed by atoms with Gasteiger partial charge in [0, 0.05) is 12.8 Å². The lowest BCUT2D eigenvalue weighted by Gasteiger charge is -2.05. The summed E-state index contributed by atoms with van der Waals surface area (Å²) in [6, 6.07) is 0. The smallest absolute Gasteiger partial charge is 0.133 e. The lowest BCUT2D eigenvalue weighted by molar-refractivity contribution is -0.120. The highest BCUT2D eigenvalue weighted by Gasteiger charge is 2.06.